The Hall–Kier alpha value is -1.63. The van der Waals surface area contributed by atoms with Crippen LogP contribution < -0.4 is 5.32 Å². The molecule has 20 heavy (non-hydrogen) atoms. The Labute approximate surface area is 126 Å². The Bertz CT molecular complexity index is 570. The Morgan fingerprint density at radius 3 is 2.80 bits per heavy atom. The van der Waals surface area contributed by atoms with Crippen LogP contribution in [0.25, 0.3) is 0 Å². The van der Waals surface area contributed by atoms with Crippen LogP contribution in [0.2, 0.25) is 0 Å². The van der Waals surface area contributed by atoms with Crippen molar-refractivity contribution in [2.75, 3.05) is 0 Å². The largest absolute Gasteiger partial charge is 0.350 e. The number of carbonyl (C=O) groups excluding carboxylic acids is 1. The summed E-state index contributed by atoms with van der Waals surface area (Å²) in [5.74, 6) is 0.000300. The Morgan fingerprint density at radius 2 is 2.20 bits per heavy atom. The van der Waals surface area contributed by atoms with Gasteiger partial charge in [-0.05, 0) is 35.8 Å². The third-order valence-electron chi connectivity index (χ3n) is 2.94. The molecule has 2 aromatic rings. The van der Waals surface area contributed by atoms with Crippen molar-refractivity contribution in [3.8, 4) is 0 Å². The molecule has 0 radical (unpaired) electrons. The number of amides is 1. The molecule has 0 saturated heterocycles. The summed E-state index contributed by atoms with van der Waals surface area (Å²) >= 11 is 3.40. The van der Waals surface area contributed by atoms with Gasteiger partial charge in [-0.3, -0.25) is 14.2 Å². The predicted molar refractivity (Wildman–Crippen MR) is 79.0 cm³/mol. The molecule has 0 spiro atoms. The highest BCUT2D eigenvalue weighted by atomic mass is 79.9. The first kappa shape index (κ1) is 14.8. The molecular weight excluding hydrogens is 322 g/mol. The van der Waals surface area contributed by atoms with Crippen molar-refractivity contribution in [3.63, 3.8) is 0 Å². The maximum atomic E-state index is 11.8. The number of nitrogens with zero attached hydrogens (tertiary/aromatic N) is 4. The highest BCUT2D eigenvalue weighted by molar-refractivity contribution is 9.10. The number of nitrogens with one attached hydrogen (secondary N) is 1. The normalized spacial score (nSPS) is 10.8. The van der Waals surface area contributed by atoms with Crippen LogP contribution in [0.1, 0.15) is 24.7 Å². The molecule has 7 heteroatoms. The van der Waals surface area contributed by atoms with Crippen molar-refractivity contribution in [3.05, 3.63) is 34.3 Å². The van der Waals surface area contributed by atoms with E-state index in [2.05, 4.69) is 31.4 Å². The average Bonchev–Trinajstić information content (AvgIpc) is 3.01. The monoisotopic (exact) mass is 339 g/mol. The molecule has 0 fully saturated rings. The summed E-state index contributed by atoms with van der Waals surface area (Å²) in [7, 11) is 0. The molecule has 1 amide bonds. The van der Waals surface area contributed by atoms with E-state index in [0.29, 0.717) is 19.5 Å². The maximum absolute atomic E-state index is 11.8. The molecule has 0 bridgehead atoms. The standard InChI is InChI=1S/C13H18BrN5O/c1-3-18-6-4-11(17-18)8-15-13(20)5-7-19-9-12(14)10(2)16-19/h4,6,9H,3,5,7-8H2,1-2H3,(H,15,20). The third kappa shape index (κ3) is 3.93. The van der Waals surface area contributed by atoms with Gasteiger partial charge < -0.3 is 5.32 Å². The predicted octanol–water partition coefficient (Wildman–Crippen LogP) is 1.88. The van der Waals surface area contributed by atoms with Gasteiger partial charge in [-0.15, -0.1) is 0 Å². The van der Waals surface area contributed by atoms with E-state index in [9.17, 15) is 4.79 Å². The first-order chi connectivity index (χ1) is 9.58. The van der Waals surface area contributed by atoms with E-state index >= 15 is 0 Å². The van der Waals surface area contributed by atoms with Crippen molar-refractivity contribution < 1.29 is 4.79 Å². The molecule has 0 atom stereocenters. The molecule has 1 N–H and O–H groups in total. The minimum atomic E-state index is 0.000300. The SMILES string of the molecule is CCn1ccc(CNC(=O)CCn2cc(Br)c(C)n2)n1. The van der Waals surface area contributed by atoms with Crippen LogP contribution in [0.3, 0.4) is 0 Å². The van der Waals surface area contributed by atoms with Gasteiger partial charge in [-0.1, -0.05) is 0 Å². The summed E-state index contributed by atoms with van der Waals surface area (Å²) in [4.78, 5) is 11.8. The first-order valence-electron chi connectivity index (χ1n) is 6.57. The summed E-state index contributed by atoms with van der Waals surface area (Å²) in [6, 6.07) is 1.91. The quantitative estimate of drug-likeness (QED) is 0.873. The van der Waals surface area contributed by atoms with Crippen LogP contribution in [0.4, 0.5) is 0 Å². The van der Waals surface area contributed by atoms with Gasteiger partial charge >= 0.3 is 0 Å². The van der Waals surface area contributed by atoms with E-state index < -0.39 is 0 Å². The number of aromatic nitrogens is 4. The zero-order chi connectivity index (χ0) is 14.5. The smallest absolute Gasteiger partial charge is 0.222 e. The van der Waals surface area contributed by atoms with E-state index in [0.717, 1.165) is 22.4 Å². The number of aryl methyl sites for hydroxylation is 3. The van der Waals surface area contributed by atoms with Crippen LogP contribution in [0.5, 0.6) is 0 Å². The minimum Gasteiger partial charge on any atom is -0.350 e. The van der Waals surface area contributed by atoms with Crippen molar-refractivity contribution in [1.82, 2.24) is 24.9 Å². The molecule has 0 unspecified atom stereocenters. The summed E-state index contributed by atoms with van der Waals surface area (Å²) < 4.78 is 4.57. The van der Waals surface area contributed by atoms with Gasteiger partial charge in [0.15, 0.2) is 0 Å². The van der Waals surface area contributed by atoms with Crippen molar-refractivity contribution >= 4 is 21.8 Å². The van der Waals surface area contributed by atoms with Crippen molar-refractivity contribution in [1.29, 1.82) is 0 Å². The van der Waals surface area contributed by atoms with E-state index in [-0.39, 0.29) is 5.91 Å². The Kier molecular flexibility index (Phi) is 4.94. The number of carbonyl (C=O) groups is 1. The molecule has 0 aliphatic rings. The lowest BCUT2D eigenvalue weighted by molar-refractivity contribution is -0.121. The van der Waals surface area contributed by atoms with Gasteiger partial charge in [0.25, 0.3) is 0 Å². The van der Waals surface area contributed by atoms with E-state index in [1.807, 2.05) is 37.0 Å². The van der Waals surface area contributed by atoms with Gasteiger partial charge in [-0.25, -0.2) is 0 Å². The molecule has 0 aliphatic carbocycles. The van der Waals surface area contributed by atoms with E-state index in [1.54, 1.807) is 4.68 Å². The second kappa shape index (κ2) is 6.69. The van der Waals surface area contributed by atoms with Crippen LogP contribution in [0, 0.1) is 6.92 Å². The summed E-state index contributed by atoms with van der Waals surface area (Å²) in [5, 5.41) is 11.5. The van der Waals surface area contributed by atoms with E-state index in [4.69, 9.17) is 0 Å². The van der Waals surface area contributed by atoms with E-state index in [1.165, 1.54) is 0 Å². The lowest BCUT2D eigenvalue weighted by Gasteiger charge is -2.03. The number of hydrogen-bond acceptors (Lipinski definition) is 3. The fraction of sp³-hybridized carbons (Fsp3) is 0.462. The molecule has 0 aliphatic heterocycles. The first-order valence-corrected chi connectivity index (χ1v) is 7.36. The minimum absolute atomic E-state index is 0.000300. The molecule has 2 heterocycles. The van der Waals surface area contributed by atoms with Crippen LogP contribution in [-0.4, -0.2) is 25.5 Å². The topological polar surface area (TPSA) is 64.7 Å². The van der Waals surface area contributed by atoms with Crippen LogP contribution >= 0.6 is 15.9 Å². The Balaban J connectivity index is 1.75. The fourth-order valence-corrected chi connectivity index (χ4v) is 2.09. The highest BCUT2D eigenvalue weighted by Gasteiger charge is 2.06. The molecule has 108 valence electrons. The zero-order valence-electron chi connectivity index (χ0n) is 11.6. The summed E-state index contributed by atoms with van der Waals surface area (Å²) in [5.41, 5.74) is 1.80. The summed E-state index contributed by atoms with van der Waals surface area (Å²) in [6.07, 6.45) is 4.19. The van der Waals surface area contributed by atoms with Gasteiger partial charge in [-0.2, -0.15) is 10.2 Å². The lowest BCUT2D eigenvalue weighted by Crippen LogP contribution is -2.24. The van der Waals surface area contributed by atoms with Crippen molar-refractivity contribution in [2.24, 2.45) is 0 Å². The van der Waals surface area contributed by atoms with Gasteiger partial charge in [0.2, 0.25) is 5.91 Å². The fourth-order valence-electron chi connectivity index (χ4n) is 1.78. The third-order valence-corrected chi connectivity index (χ3v) is 3.72. The highest BCUT2D eigenvalue weighted by Crippen LogP contribution is 2.13. The van der Waals surface area contributed by atoms with Gasteiger partial charge in [0.05, 0.1) is 22.4 Å². The van der Waals surface area contributed by atoms with Crippen molar-refractivity contribution in [2.45, 2.75) is 39.9 Å². The second-order valence-electron chi connectivity index (χ2n) is 4.52. The number of hydrogen-bond donors (Lipinski definition) is 1. The maximum Gasteiger partial charge on any atom is 0.222 e. The lowest BCUT2D eigenvalue weighted by atomic mass is 10.3. The van der Waals surface area contributed by atoms with Gasteiger partial charge in [0.1, 0.15) is 0 Å². The zero-order valence-corrected chi connectivity index (χ0v) is 13.2. The van der Waals surface area contributed by atoms with Gasteiger partial charge in [0, 0.05) is 31.9 Å². The molecular formula is C13H18BrN5O. The van der Waals surface area contributed by atoms with Crippen LogP contribution in [0.15, 0.2) is 22.9 Å². The van der Waals surface area contributed by atoms with Crippen LogP contribution in [-0.2, 0) is 24.4 Å². The second-order valence-corrected chi connectivity index (χ2v) is 5.37. The molecule has 6 nitrogen and oxygen atoms in total. The molecule has 2 rings (SSSR count). The average molecular weight is 340 g/mol. The Morgan fingerprint density at radius 1 is 1.40 bits per heavy atom. The number of halogens is 1. The summed E-state index contributed by atoms with van der Waals surface area (Å²) in [6.45, 7) is 5.82. The molecule has 0 aromatic carbocycles. The molecule has 2 aromatic heterocycles. The molecule has 0 saturated carbocycles. The number of rotatable bonds is 6.